The molecule has 0 aliphatic rings. The maximum atomic E-state index is 4.71. The summed E-state index contributed by atoms with van der Waals surface area (Å²) < 4.78 is 1.19. The predicted molar refractivity (Wildman–Crippen MR) is 91.8 cm³/mol. The van der Waals surface area contributed by atoms with Gasteiger partial charge in [0, 0.05) is 21.0 Å². The monoisotopic (exact) mass is 352 g/mol. The molecule has 0 bridgehead atoms. The van der Waals surface area contributed by atoms with Gasteiger partial charge < -0.3 is 5.32 Å². The van der Waals surface area contributed by atoms with Gasteiger partial charge in [0.25, 0.3) is 0 Å². The van der Waals surface area contributed by atoms with Crippen molar-refractivity contribution in [3.05, 3.63) is 43.8 Å². The summed E-state index contributed by atoms with van der Waals surface area (Å²) in [5.41, 5.74) is 4.95. The Hall–Kier alpha value is -0.870. The van der Waals surface area contributed by atoms with Gasteiger partial charge >= 0.3 is 0 Å². The Kier molecular flexibility index (Phi) is 4.55. The van der Waals surface area contributed by atoms with Crippen LogP contribution in [0, 0.1) is 13.8 Å². The lowest BCUT2D eigenvalue weighted by molar-refractivity contribution is 0.571. The highest BCUT2D eigenvalue weighted by Crippen LogP contribution is 2.27. The number of nitrogens with one attached hydrogen (secondary N) is 1. The molecule has 0 spiro atoms. The van der Waals surface area contributed by atoms with Crippen molar-refractivity contribution in [3.63, 3.8) is 0 Å². The van der Waals surface area contributed by atoms with Crippen LogP contribution >= 0.6 is 27.3 Å². The normalized spacial score (nSPS) is 11.7. The Morgan fingerprint density at radius 2 is 1.80 bits per heavy atom. The van der Waals surface area contributed by atoms with Crippen LogP contribution in [0.3, 0.4) is 0 Å². The van der Waals surface area contributed by atoms with Crippen molar-refractivity contribution in [2.45, 2.75) is 46.6 Å². The number of rotatable bonds is 3. The third kappa shape index (κ3) is 3.61. The molecular weight excluding hydrogens is 332 g/mol. The Balaban J connectivity index is 2.08. The van der Waals surface area contributed by atoms with E-state index in [0.29, 0.717) is 0 Å². The molecule has 0 saturated carbocycles. The first-order chi connectivity index (χ1) is 9.27. The predicted octanol–water partition coefficient (Wildman–Crippen LogP) is 5.43. The SMILES string of the molecule is Cc1cc(NCc2nc(C(C)(C)C)cs2)cc(C)c1Br. The van der Waals surface area contributed by atoms with Crippen molar-refractivity contribution < 1.29 is 0 Å². The first kappa shape index (κ1) is 15.5. The molecule has 4 heteroatoms. The Morgan fingerprint density at radius 1 is 1.20 bits per heavy atom. The van der Waals surface area contributed by atoms with Crippen molar-refractivity contribution in [2.75, 3.05) is 5.32 Å². The number of aromatic nitrogens is 1. The summed E-state index contributed by atoms with van der Waals surface area (Å²) in [6, 6.07) is 4.32. The fraction of sp³-hybridized carbons (Fsp3) is 0.438. The van der Waals surface area contributed by atoms with E-state index in [1.807, 2.05) is 0 Å². The van der Waals surface area contributed by atoms with Crippen LogP contribution in [0.4, 0.5) is 5.69 Å². The minimum atomic E-state index is 0.125. The lowest BCUT2D eigenvalue weighted by atomic mass is 9.93. The van der Waals surface area contributed by atoms with Gasteiger partial charge in [0.15, 0.2) is 0 Å². The van der Waals surface area contributed by atoms with Gasteiger partial charge in [0.2, 0.25) is 0 Å². The number of hydrogen-bond acceptors (Lipinski definition) is 3. The van der Waals surface area contributed by atoms with E-state index < -0.39 is 0 Å². The molecule has 0 saturated heterocycles. The highest BCUT2D eigenvalue weighted by molar-refractivity contribution is 9.10. The van der Waals surface area contributed by atoms with Crippen LogP contribution in [0.1, 0.15) is 42.6 Å². The van der Waals surface area contributed by atoms with Crippen LogP contribution in [0.5, 0.6) is 0 Å². The van der Waals surface area contributed by atoms with E-state index in [1.165, 1.54) is 21.3 Å². The molecule has 1 aromatic carbocycles. The molecule has 2 rings (SSSR count). The standard InChI is InChI=1S/C16H21BrN2S/c1-10-6-12(7-11(2)15(10)17)18-8-14-19-13(9-20-14)16(3,4)5/h6-7,9,18H,8H2,1-5H3. The third-order valence-electron chi connectivity index (χ3n) is 3.20. The van der Waals surface area contributed by atoms with Gasteiger partial charge in [0.05, 0.1) is 12.2 Å². The number of thiazole rings is 1. The number of benzene rings is 1. The molecule has 0 radical (unpaired) electrons. The topological polar surface area (TPSA) is 24.9 Å². The zero-order valence-electron chi connectivity index (χ0n) is 12.7. The largest absolute Gasteiger partial charge is 0.379 e. The molecule has 2 aromatic rings. The fourth-order valence-corrected chi connectivity index (χ4v) is 3.15. The maximum Gasteiger partial charge on any atom is 0.112 e. The van der Waals surface area contributed by atoms with Gasteiger partial charge in [-0.1, -0.05) is 36.7 Å². The minimum Gasteiger partial charge on any atom is -0.379 e. The Bertz CT molecular complexity index is 588. The molecule has 0 amide bonds. The molecule has 2 nitrogen and oxygen atoms in total. The van der Waals surface area contributed by atoms with Crippen LogP contribution < -0.4 is 5.32 Å². The first-order valence-electron chi connectivity index (χ1n) is 6.73. The molecule has 1 heterocycles. The number of nitrogens with zero attached hydrogens (tertiary/aromatic N) is 1. The summed E-state index contributed by atoms with van der Waals surface area (Å²) in [5.74, 6) is 0. The van der Waals surface area contributed by atoms with Crippen molar-refractivity contribution in [3.8, 4) is 0 Å². The zero-order valence-corrected chi connectivity index (χ0v) is 15.1. The van der Waals surface area contributed by atoms with Crippen molar-refractivity contribution in [1.82, 2.24) is 4.98 Å². The molecule has 0 aliphatic carbocycles. The first-order valence-corrected chi connectivity index (χ1v) is 8.40. The molecule has 0 atom stereocenters. The lowest BCUT2D eigenvalue weighted by Gasteiger charge is -2.14. The van der Waals surface area contributed by atoms with Gasteiger partial charge in [-0.15, -0.1) is 11.3 Å². The molecule has 20 heavy (non-hydrogen) atoms. The summed E-state index contributed by atoms with van der Waals surface area (Å²) in [5, 5.41) is 6.76. The van der Waals surface area contributed by atoms with Crippen LogP contribution in [0.2, 0.25) is 0 Å². The van der Waals surface area contributed by atoms with Gasteiger partial charge in [-0.25, -0.2) is 4.98 Å². The van der Waals surface area contributed by atoms with E-state index in [9.17, 15) is 0 Å². The molecular formula is C16H21BrN2S. The highest BCUT2D eigenvalue weighted by Gasteiger charge is 2.17. The van der Waals surface area contributed by atoms with Crippen molar-refractivity contribution in [1.29, 1.82) is 0 Å². The van der Waals surface area contributed by atoms with Crippen molar-refractivity contribution in [2.24, 2.45) is 0 Å². The number of aryl methyl sites for hydroxylation is 2. The number of hydrogen-bond donors (Lipinski definition) is 1. The average molecular weight is 353 g/mol. The van der Waals surface area contributed by atoms with E-state index >= 15 is 0 Å². The Morgan fingerprint density at radius 3 is 2.30 bits per heavy atom. The van der Waals surface area contributed by atoms with E-state index in [4.69, 9.17) is 4.98 Å². The second-order valence-corrected chi connectivity index (χ2v) is 7.89. The second kappa shape index (κ2) is 5.86. The van der Waals surface area contributed by atoms with E-state index in [-0.39, 0.29) is 5.41 Å². The van der Waals surface area contributed by atoms with Crippen LogP contribution in [-0.2, 0) is 12.0 Å². The maximum absolute atomic E-state index is 4.71. The minimum absolute atomic E-state index is 0.125. The average Bonchev–Trinajstić information content (AvgIpc) is 2.82. The Labute approximate surface area is 133 Å². The zero-order chi connectivity index (χ0) is 14.9. The second-order valence-electron chi connectivity index (χ2n) is 6.15. The summed E-state index contributed by atoms with van der Waals surface area (Å²) in [6.45, 7) is 11.6. The summed E-state index contributed by atoms with van der Waals surface area (Å²) in [4.78, 5) is 4.71. The van der Waals surface area contributed by atoms with Gasteiger partial charge in [0.1, 0.15) is 5.01 Å². The highest BCUT2D eigenvalue weighted by atomic mass is 79.9. The van der Waals surface area contributed by atoms with Crippen molar-refractivity contribution >= 4 is 33.0 Å². The molecule has 1 N–H and O–H groups in total. The van der Waals surface area contributed by atoms with Crippen LogP contribution in [0.25, 0.3) is 0 Å². The fourth-order valence-electron chi connectivity index (χ4n) is 1.96. The molecule has 1 aromatic heterocycles. The van der Waals surface area contributed by atoms with Gasteiger partial charge in [-0.3, -0.25) is 0 Å². The molecule has 0 fully saturated rings. The lowest BCUT2D eigenvalue weighted by Crippen LogP contribution is -2.11. The van der Waals surface area contributed by atoms with Gasteiger partial charge in [-0.2, -0.15) is 0 Å². The van der Waals surface area contributed by atoms with E-state index in [1.54, 1.807) is 11.3 Å². The number of anilines is 1. The van der Waals surface area contributed by atoms with Crippen LogP contribution in [-0.4, -0.2) is 4.98 Å². The quantitative estimate of drug-likeness (QED) is 0.796. The summed E-state index contributed by atoms with van der Waals surface area (Å²) in [7, 11) is 0. The number of halogens is 1. The van der Waals surface area contributed by atoms with E-state index in [0.717, 1.165) is 17.2 Å². The smallest absolute Gasteiger partial charge is 0.112 e. The third-order valence-corrected chi connectivity index (χ3v) is 5.30. The van der Waals surface area contributed by atoms with E-state index in [2.05, 4.69) is 73.4 Å². The summed E-state index contributed by atoms with van der Waals surface area (Å²) >= 11 is 5.32. The molecule has 108 valence electrons. The summed E-state index contributed by atoms with van der Waals surface area (Å²) in [6.07, 6.45) is 0. The van der Waals surface area contributed by atoms with Gasteiger partial charge in [-0.05, 0) is 37.1 Å². The molecule has 0 unspecified atom stereocenters. The van der Waals surface area contributed by atoms with Crippen LogP contribution in [0.15, 0.2) is 22.0 Å². The molecule has 0 aliphatic heterocycles.